The number of nitrogens with two attached hydrogens (primary N) is 1. The average Bonchev–Trinajstić information content (AvgIpc) is 2.39. The van der Waals surface area contributed by atoms with Crippen LogP contribution < -0.4 is 10.6 Å². The summed E-state index contributed by atoms with van der Waals surface area (Å²) < 4.78 is 0. The van der Waals surface area contributed by atoms with Crippen molar-refractivity contribution < 1.29 is 0 Å². The summed E-state index contributed by atoms with van der Waals surface area (Å²) in [6, 6.07) is 9.80. The first-order valence-electron chi connectivity index (χ1n) is 5.90. The van der Waals surface area contributed by atoms with E-state index in [1.807, 2.05) is 30.3 Å². The fourth-order valence-corrected chi connectivity index (χ4v) is 2.11. The number of nitrogens with zero attached hydrogens (tertiary/aromatic N) is 2. The van der Waals surface area contributed by atoms with Gasteiger partial charge in [-0.05, 0) is 24.6 Å². The van der Waals surface area contributed by atoms with E-state index in [9.17, 15) is 0 Å². The topological polar surface area (TPSA) is 42.1 Å². The van der Waals surface area contributed by atoms with E-state index in [0.29, 0.717) is 5.02 Å². The Morgan fingerprint density at radius 3 is 2.72 bits per heavy atom. The Morgan fingerprint density at radius 1 is 1.28 bits per heavy atom. The number of halogens is 1. The standard InChI is InChI=1S/C14H16ClN3/c1-2-18(14-7-8-17-9-12(14)15)10-11-5-3-4-6-13(11)16/h3-9H,2,10,16H2,1H3. The highest BCUT2D eigenvalue weighted by atomic mass is 35.5. The number of hydrogen-bond donors (Lipinski definition) is 1. The maximum atomic E-state index is 6.17. The normalized spacial score (nSPS) is 10.3. The molecule has 0 atom stereocenters. The molecule has 0 saturated carbocycles. The second-order valence-electron chi connectivity index (χ2n) is 4.04. The molecular formula is C14H16ClN3. The van der Waals surface area contributed by atoms with Crippen molar-refractivity contribution >= 4 is 23.0 Å². The molecule has 0 bridgehead atoms. The first-order valence-corrected chi connectivity index (χ1v) is 6.28. The predicted molar refractivity (Wildman–Crippen MR) is 76.8 cm³/mol. The van der Waals surface area contributed by atoms with E-state index in [-0.39, 0.29) is 0 Å². The molecular weight excluding hydrogens is 246 g/mol. The van der Waals surface area contributed by atoms with Gasteiger partial charge in [0.05, 0.1) is 10.7 Å². The number of pyridine rings is 1. The van der Waals surface area contributed by atoms with E-state index < -0.39 is 0 Å². The first-order chi connectivity index (χ1) is 8.72. The van der Waals surface area contributed by atoms with Crippen LogP contribution in [-0.4, -0.2) is 11.5 Å². The van der Waals surface area contributed by atoms with Crippen LogP contribution in [0.1, 0.15) is 12.5 Å². The third-order valence-electron chi connectivity index (χ3n) is 2.89. The largest absolute Gasteiger partial charge is 0.398 e. The van der Waals surface area contributed by atoms with E-state index in [0.717, 1.165) is 30.0 Å². The van der Waals surface area contributed by atoms with Crippen LogP contribution in [-0.2, 0) is 6.54 Å². The zero-order chi connectivity index (χ0) is 13.0. The summed E-state index contributed by atoms with van der Waals surface area (Å²) in [7, 11) is 0. The van der Waals surface area contributed by atoms with Gasteiger partial charge in [0.15, 0.2) is 0 Å². The van der Waals surface area contributed by atoms with E-state index in [1.54, 1.807) is 12.4 Å². The summed E-state index contributed by atoms with van der Waals surface area (Å²) in [6.45, 7) is 3.70. The SMILES string of the molecule is CCN(Cc1ccccc1N)c1ccncc1Cl. The zero-order valence-corrected chi connectivity index (χ0v) is 11.1. The highest BCUT2D eigenvalue weighted by Crippen LogP contribution is 2.26. The Kier molecular flexibility index (Phi) is 4.05. The van der Waals surface area contributed by atoms with Crippen molar-refractivity contribution in [3.05, 3.63) is 53.3 Å². The molecule has 0 fully saturated rings. The molecule has 3 nitrogen and oxygen atoms in total. The van der Waals surface area contributed by atoms with Gasteiger partial charge in [0.2, 0.25) is 0 Å². The second kappa shape index (κ2) is 5.74. The molecule has 1 aromatic carbocycles. The van der Waals surface area contributed by atoms with Crippen LogP contribution in [0.3, 0.4) is 0 Å². The molecule has 1 aromatic heterocycles. The minimum absolute atomic E-state index is 0.661. The van der Waals surface area contributed by atoms with Gasteiger partial charge in [-0.15, -0.1) is 0 Å². The molecule has 0 saturated heterocycles. The van der Waals surface area contributed by atoms with Gasteiger partial charge in [-0.1, -0.05) is 29.8 Å². The maximum absolute atomic E-state index is 6.17. The third-order valence-corrected chi connectivity index (χ3v) is 3.18. The molecule has 0 radical (unpaired) electrons. The van der Waals surface area contributed by atoms with E-state index in [4.69, 9.17) is 17.3 Å². The van der Waals surface area contributed by atoms with Crippen molar-refractivity contribution in [2.45, 2.75) is 13.5 Å². The van der Waals surface area contributed by atoms with Crippen molar-refractivity contribution in [3.8, 4) is 0 Å². The van der Waals surface area contributed by atoms with E-state index in [2.05, 4.69) is 16.8 Å². The van der Waals surface area contributed by atoms with Gasteiger partial charge in [0.1, 0.15) is 0 Å². The molecule has 0 amide bonds. The third kappa shape index (κ3) is 2.74. The van der Waals surface area contributed by atoms with Crippen LogP contribution in [0.5, 0.6) is 0 Å². The lowest BCUT2D eigenvalue weighted by Gasteiger charge is -2.24. The average molecular weight is 262 g/mol. The van der Waals surface area contributed by atoms with E-state index >= 15 is 0 Å². The van der Waals surface area contributed by atoms with Crippen molar-refractivity contribution in [3.63, 3.8) is 0 Å². The number of nitrogen functional groups attached to an aromatic ring is 1. The minimum atomic E-state index is 0.661. The Labute approximate surface area is 112 Å². The number of hydrogen-bond acceptors (Lipinski definition) is 3. The molecule has 0 aliphatic heterocycles. The van der Waals surface area contributed by atoms with Gasteiger partial charge in [-0.3, -0.25) is 4.98 Å². The molecule has 0 unspecified atom stereocenters. The van der Waals surface area contributed by atoms with Crippen LogP contribution in [0.2, 0.25) is 5.02 Å². The van der Waals surface area contributed by atoms with Gasteiger partial charge < -0.3 is 10.6 Å². The molecule has 0 aliphatic rings. The smallest absolute Gasteiger partial charge is 0.0822 e. The number of benzene rings is 1. The summed E-state index contributed by atoms with van der Waals surface area (Å²) in [5.41, 5.74) is 8.86. The summed E-state index contributed by atoms with van der Waals surface area (Å²) in [4.78, 5) is 6.18. The maximum Gasteiger partial charge on any atom is 0.0822 e. The summed E-state index contributed by atoms with van der Waals surface area (Å²) >= 11 is 6.17. The van der Waals surface area contributed by atoms with Crippen LogP contribution in [0.15, 0.2) is 42.7 Å². The van der Waals surface area contributed by atoms with Crippen LogP contribution in [0.4, 0.5) is 11.4 Å². The molecule has 0 aliphatic carbocycles. The lowest BCUT2D eigenvalue weighted by atomic mass is 10.1. The van der Waals surface area contributed by atoms with Gasteiger partial charge in [0, 0.05) is 31.2 Å². The highest BCUT2D eigenvalue weighted by Gasteiger charge is 2.10. The van der Waals surface area contributed by atoms with Crippen LogP contribution >= 0.6 is 11.6 Å². The summed E-state index contributed by atoms with van der Waals surface area (Å²) in [5, 5.41) is 0.661. The van der Waals surface area contributed by atoms with Crippen molar-refractivity contribution in [2.24, 2.45) is 0 Å². The fraction of sp³-hybridized carbons (Fsp3) is 0.214. The van der Waals surface area contributed by atoms with Gasteiger partial charge in [-0.25, -0.2) is 0 Å². The lowest BCUT2D eigenvalue weighted by molar-refractivity contribution is 0.832. The number of anilines is 2. The fourth-order valence-electron chi connectivity index (χ4n) is 1.88. The molecule has 1 heterocycles. The molecule has 4 heteroatoms. The molecule has 18 heavy (non-hydrogen) atoms. The summed E-state index contributed by atoms with van der Waals surface area (Å²) in [5.74, 6) is 0. The van der Waals surface area contributed by atoms with Crippen LogP contribution in [0.25, 0.3) is 0 Å². The number of para-hydroxylation sites is 1. The van der Waals surface area contributed by atoms with Crippen molar-refractivity contribution in [1.29, 1.82) is 0 Å². The van der Waals surface area contributed by atoms with Gasteiger partial charge >= 0.3 is 0 Å². The Hall–Kier alpha value is -1.74. The molecule has 2 rings (SSSR count). The number of aromatic nitrogens is 1. The molecule has 0 spiro atoms. The van der Waals surface area contributed by atoms with Gasteiger partial charge in [-0.2, -0.15) is 0 Å². The molecule has 2 N–H and O–H groups in total. The number of rotatable bonds is 4. The Bertz CT molecular complexity index is 528. The minimum Gasteiger partial charge on any atom is -0.398 e. The lowest BCUT2D eigenvalue weighted by Crippen LogP contribution is -2.23. The zero-order valence-electron chi connectivity index (χ0n) is 10.3. The van der Waals surface area contributed by atoms with Crippen molar-refractivity contribution in [2.75, 3.05) is 17.2 Å². The first kappa shape index (κ1) is 12.7. The monoisotopic (exact) mass is 261 g/mol. The van der Waals surface area contributed by atoms with Crippen molar-refractivity contribution in [1.82, 2.24) is 4.98 Å². The van der Waals surface area contributed by atoms with Crippen LogP contribution in [0, 0.1) is 0 Å². The molecule has 2 aromatic rings. The molecule has 94 valence electrons. The predicted octanol–water partition coefficient (Wildman–Crippen LogP) is 3.34. The Morgan fingerprint density at radius 2 is 2.06 bits per heavy atom. The van der Waals surface area contributed by atoms with E-state index in [1.165, 1.54) is 0 Å². The Balaban J connectivity index is 2.26. The summed E-state index contributed by atoms with van der Waals surface area (Å²) in [6.07, 6.45) is 3.41. The highest BCUT2D eigenvalue weighted by molar-refractivity contribution is 6.33. The van der Waals surface area contributed by atoms with Gasteiger partial charge in [0.25, 0.3) is 0 Å². The second-order valence-corrected chi connectivity index (χ2v) is 4.45. The quantitative estimate of drug-likeness (QED) is 0.859.